The lowest BCUT2D eigenvalue weighted by molar-refractivity contribution is 0.0954. The third kappa shape index (κ3) is 4.15. The molecule has 0 fully saturated rings. The minimum absolute atomic E-state index is 0.107. The van der Waals surface area contributed by atoms with Gasteiger partial charge < -0.3 is 20.7 Å². The molecule has 0 radical (unpaired) electrons. The molecular formula is C14H20N4O2. The number of methoxy groups -OCH3 is 1. The number of guanidine groups is 1. The lowest BCUT2D eigenvalue weighted by atomic mass is 10.2. The Kier molecular flexibility index (Phi) is 5.23. The van der Waals surface area contributed by atoms with Crippen LogP contribution in [0.1, 0.15) is 16.8 Å². The number of nitrogens with zero attached hydrogens (tertiary/aromatic N) is 1. The van der Waals surface area contributed by atoms with Crippen molar-refractivity contribution in [1.82, 2.24) is 16.0 Å². The van der Waals surface area contributed by atoms with Gasteiger partial charge in [-0.1, -0.05) is 6.07 Å². The second kappa shape index (κ2) is 7.37. The van der Waals surface area contributed by atoms with Gasteiger partial charge in [0.2, 0.25) is 0 Å². The first-order valence-electron chi connectivity index (χ1n) is 6.74. The molecule has 1 aromatic rings. The molecule has 0 atom stereocenters. The van der Waals surface area contributed by atoms with Gasteiger partial charge in [0.25, 0.3) is 5.91 Å². The van der Waals surface area contributed by atoms with Crippen molar-refractivity contribution in [2.24, 2.45) is 4.99 Å². The summed E-state index contributed by atoms with van der Waals surface area (Å²) in [4.78, 5) is 16.2. The van der Waals surface area contributed by atoms with Gasteiger partial charge in [0.05, 0.1) is 7.11 Å². The molecule has 0 spiro atoms. The number of carbonyl (C=O) groups is 1. The quantitative estimate of drug-likeness (QED) is 0.679. The zero-order chi connectivity index (χ0) is 14.2. The molecule has 0 saturated carbocycles. The number of aliphatic imine (C=N–C) groups is 1. The van der Waals surface area contributed by atoms with Crippen molar-refractivity contribution in [2.45, 2.75) is 6.42 Å². The number of rotatable bonds is 5. The smallest absolute Gasteiger partial charge is 0.251 e. The summed E-state index contributed by atoms with van der Waals surface area (Å²) in [6.45, 7) is 2.98. The number of ether oxygens (including phenoxy) is 1. The average molecular weight is 276 g/mol. The molecule has 0 saturated heterocycles. The van der Waals surface area contributed by atoms with E-state index >= 15 is 0 Å². The Morgan fingerprint density at radius 3 is 3.10 bits per heavy atom. The molecule has 0 unspecified atom stereocenters. The molecule has 1 aromatic carbocycles. The van der Waals surface area contributed by atoms with Crippen molar-refractivity contribution in [2.75, 3.05) is 33.3 Å². The first-order valence-corrected chi connectivity index (χ1v) is 6.74. The van der Waals surface area contributed by atoms with E-state index in [9.17, 15) is 4.79 Å². The van der Waals surface area contributed by atoms with Crippen molar-refractivity contribution >= 4 is 11.9 Å². The summed E-state index contributed by atoms with van der Waals surface area (Å²) in [5, 5.41) is 9.16. The van der Waals surface area contributed by atoms with E-state index in [0.29, 0.717) is 24.4 Å². The van der Waals surface area contributed by atoms with Crippen LogP contribution in [0.2, 0.25) is 0 Å². The summed E-state index contributed by atoms with van der Waals surface area (Å²) in [6.07, 6.45) is 1.07. The standard InChI is InChI=1S/C14H20N4O2/c1-20-12-5-2-4-11(10-12)13(19)15-8-9-18-14-16-6-3-7-17-14/h2,4-5,10H,3,6-9H2,1H3,(H,15,19)(H2,16,17,18). The zero-order valence-corrected chi connectivity index (χ0v) is 11.6. The van der Waals surface area contributed by atoms with Crippen molar-refractivity contribution in [1.29, 1.82) is 0 Å². The van der Waals surface area contributed by atoms with E-state index in [2.05, 4.69) is 20.9 Å². The third-order valence-corrected chi connectivity index (χ3v) is 2.93. The predicted octanol–water partition coefficient (Wildman–Crippen LogP) is 0.364. The Hall–Kier alpha value is -2.24. The first-order chi connectivity index (χ1) is 9.79. The monoisotopic (exact) mass is 276 g/mol. The van der Waals surface area contributed by atoms with E-state index in [1.807, 2.05) is 6.07 Å². The van der Waals surface area contributed by atoms with Gasteiger partial charge in [0.15, 0.2) is 5.96 Å². The summed E-state index contributed by atoms with van der Waals surface area (Å²) in [7, 11) is 1.58. The van der Waals surface area contributed by atoms with Crippen LogP contribution in [0.15, 0.2) is 29.3 Å². The Bertz CT molecular complexity index is 488. The van der Waals surface area contributed by atoms with Crippen molar-refractivity contribution in [3.05, 3.63) is 29.8 Å². The SMILES string of the molecule is COc1cccc(C(=O)NCCNC2=NCCCN2)c1. The average Bonchev–Trinajstić information content (AvgIpc) is 2.52. The van der Waals surface area contributed by atoms with Gasteiger partial charge in [-0.15, -0.1) is 0 Å². The maximum absolute atomic E-state index is 11.9. The minimum atomic E-state index is -0.107. The van der Waals surface area contributed by atoms with Crippen molar-refractivity contribution in [3.8, 4) is 5.75 Å². The highest BCUT2D eigenvalue weighted by Gasteiger charge is 2.06. The highest BCUT2D eigenvalue weighted by molar-refractivity contribution is 5.94. The molecule has 6 heteroatoms. The van der Waals surface area contributed by atoms with Crippen LogP contribution in [0, 0.1) is 0 Å². The van der Waals surface area contributed by atoms with Gasteiger partial charge in [-0.05, 0) is 24.6 Å². The molecule has 0 bridgehead atoms. The number of hydrogen-bond donors (Lipinski definition) is 3. The van der Waals surface area contributed by atoms with Crippen LogP contribution < -0.4 is 20.7 Å². The molecule has 1 aliphatic heterocycles. The Morgan fingerprint density at radius 2 is 2.35 bits per heavy atom. The Morgan fingerprint density at radius 1 is 1.45 bits per heavy atom. The number of hydrogen-bond acceptors (Lipinski definition) is 5. The lowest BCUT2D eigenvalue weighted by Gasteiger charge is -2.16. The fourth-order valence-corrected chi connectivity index (χ4v) is 1.87. The fourth-order valence-electron chi connectivity index (χ4n) is 1.87. The number of nitrogens with one attached hydrogen (secondary N) is 3. The predicted molar refractivity (Wildman–Crippen MR) is 78.3 cm³/mol. The van der Waals surface area contributed by atoms with Crippen LogP contribution in [0.25, 0.3) is 0 Å². The summed E-state index contributed by atoms with van der Waals surface area (Å²) in [6, 6.07) is 7.09. The number of amides is 1. The topological polar surface area (TPSA) is 74.8 Å². The molecule has 1 amide bonds. The summed E-state index contributed by atoms with van der Waals surface area (Å²) in [5.41, 5.74) is 0.595. The molecule has 1 aliphatic rings. The van der Waals surface area contributed by atoms with E-state index in [-0.39, 0.29) is 5.91 Å². The van der Waals surface area contributed by atoms with Crippen LogP contribution >= 0.6 is 0 Å². The normalized spacial score (nSPS) is 13.9. The first kappa shape index (κ1) is 14.2. The molecule has 3 N–H and O–H groups in total. The van der Waals surface area contributed by atoms with Crippen LogP contribution in [0.4, 0.5) is 0 Å². The molecule has 20 heavy (non-hydrogen) atoms. The van der Waals surface area contributed by atoms with Crippen LogP contribution in [0.3, 0.4) is 0 Å². The molecule has 0 aromatic heterocycles. The van der Waals surface area contributed by atoms with Crippen LogP contribution in [0.5, 0.6) is 5.75 Å². The summed E-state index contributed by atoms with van der Waals surface area (Å²) < 4.78 is 5.09. The molecular weight excluding hydrogens is 256 g/mol. The number of carbonyl (C=O) groups excluding carboxylic acids is 1. The highest BCUT2D eigenvalue weighted by Crippen LogP contribution is 2.11. The van der Waals surface area contributed by atoms with Crippen LogP contribution in [-0.4, -0.2) is 45.2 Å². The molecule has 1 heterocycles. The van der Waals surface area contributed by atoms with E-state index in [1.54, 1.807) is 25.3 Å². The maximum atomic E-state index is 11.9. The molecule has 0 aliphatic carbocycles. The van der Waals surface area contributed by atoms with E-state index in [1.165, 1.54) is 0 Å². The number of benzene rings is 1. The van der Waals surface area contributed by atoms with Gasteiger partial charge in [-0.25, -0.2) is 0 Å². The maximum Gasteiger partial charge on any atom is 0.251 e. The Labute approximate surface area is 118 Å². The van der Waals surface area contributed by atoms with Gasteiger partial charge in [-0.2, -0.15) is 0 Å². The third-order valence-electron chi connectivity index (χ3n) is 2.93. The van der Waals surface area contributed by atoms with Gasteiger partial charge in [-0.3, -0.25) is 9.79 Å². The Balaban J connectivity index is 1.73. The van der Waals surface area contributed by atoms with E-state index < -0.39 is 0 Å². The largest absolute Gasteiger partial charge is 0.497 e. The van der Waals surface area contributed by atoms with Crippen molar-refractivity contribution < 1.29 is 9.53 Å². The summed E-state index contributed by atoms with van der Waals surface area (Å²) in [5.74, 6) is 1.38. The fraction of sp³-hybridized carbons (Fsp3) is 0.429. The van der Waals surface area contributed by atoms with Gasteiger partial charge in [0.1, 0.15) is 5.75 Å². The van der Waals surface area contributed by atoms with E-state index in [0.717, 1.165) is 25.5 Å². The molecule has 6 nitrogen and oxygen atoms in total. The van der Waals surface area contributed by atoms with Crippen molar-refractivity contribution in [3.63, 3.8) is 0 Å². The van der Waals surface area contributed by atoms with Crippen LogP contribution in [-0.2, 0) is 0 Å². The van der Waals surface area contributed by atoms with Gasteiger partial charge >= 0.3 is 0 Å². The van der Waals surface area contributed by atoms with Gasteiger partial charge in [0, 0.05) is 31.7 Å². The lowest BCUT2D eigenvalue weighted by Crippen LogP contribution is -2.43. The summed E-state index contributed by atoms with van der Waals surface area (Å²) >= 11 is 0. The molecule has 2 rings (SSSR count). The second-order valence-corrected chi connectivity index (χ2v) is 4.43. The molecule has 108 valence electrons. The highest BCUT2D eigenvalue weighted by atomic mass is 16.5. The minimum Gasteiger partial charge on any atom is -0.497 e. The second-order valence-electron chi connectivity index (χ2n) is 4.43. The van der Waals surface area contributed by atoms with E-state index in [4.69, 9.17) is 4.74 Å². The zero-order valence-electron chi connectivity index (χ0n) is 11.6.